The molecule has 0 spiro atoms. The van der Waals surface area contributed by atoms with Gasteiger partial charge in [-0.2, -0.15) is 0 Å². The fraction of sp³-hybridized carbons (Fsp3) is 0.375. The van der Waals surface area contributed by atoms with Crippen LogP contribution in [0.4, 0.5) is 0 Å². The molecule has 1 aromatic rings. The van der Waals surface area contributed by atoms with E-state index in [-0.39, 0.29) is 0 Å². The Labute approximate surface area is 83.4 Å². The molecule has 0 unspecified atom stereocenters. The number of aromatic carboxylic acids is 1. The van der Waals surface area contributed by atoms with Crippen LogP contribution in [-0.2, 0) is 6.42 Å². The predicted octanol–water partition coefficient (Wildman–Crippen LogP) is 3.08. The van der Waals surface area contributed by atoms with Crippen LogP contribution in [0.15, 0.2) is 3.79 Å². The molecule has 66 valence electrons. The number of thiophene rings is 1. The van der Waals surface area contributed by atoms with Crippen molar-refractivity contribution in [1.29, 1.82) is 0 Å². The van der Waals surface area contributed by atoms with Crippen molar-refractivity contribution in [2.45, 2.75) is 20.3 Å². The van der Waals surface area contributed by atoms with Gasteiger partial charge in [-0.15, -0.1) is 11.3 Å². The smallest absolute Gasteiger partial charge is 0.338 e. The van der Waals surface area contributed by atoms with Crippen LogP contribution >= 0.6 is 27.3 Å². The SMILES string of the molecule is CCc1c(C)sc(Br)c1C(=O)O. The third-order valence-electron chi connectivity index (χ3n) is 1.73. The van der Waals surface area contributed by atoms with Crippen LogP contribution in [0.3, 0.4) is 0 Å². The third kappa shape index (κ3) is 1.54. The lowest BCUT2D eigenvalue weighted by Gasteiger charge is -1.96. The third-order valence-corrected chi connectivity index (χ3v) is 3.55. The van der Waals surface area contributed by atoms with E-state index in [2.05, 4.69) is 15.9 Å². The molecule has 1 rings (SSSR count). The predicted molar refractivity (Wildman–Crippen MR) is 53.1 cm³/mol. The zero-order chi connectivity index (χ0) is 9.30. The molecule has 1 aromatic heterocycles. The minimum absolute atomic E-state index is 0.431. The average Bonchev–Trinajstić information content (AvgIpc) is 2.24. The van der Waals surface area contributed by atoms with Crippen molar-refractivity contribution in [1.82, 2.24) is 0 Å². The maximum absolute atomic E-state index is 10.8. The summed E-state index contributed by atoms with van der Waals surface area (Å²) in [6, 6.07) is 0. The Balaban J connectivity index is 3.32. The second-order valence-electron chi connectivity index (χ2n) is 2.44. The van der Waals surface area contributed by atoms with Crippen molar-refractivity contribution in [3.05, 3.63) is 19.8 Å². The van der Waals surface area contributed by atoms with Crippen molar-refractivity contribution in [2.75, 3.05) is 0 Å². The molecule has 0 saturated carbocycles. The number of halogens is 1. The van der Waals surface area contributed by atoms with E-state index < -0.39 is 5.97 Å². The van der Waals surface area contributed by atoms with Crippen LogP contribution in [0.1, 0.15) is 27.7 Å². The summed E-state index contributed by atoms with van der Waals surface area (Å²) in [7, 11) is 0. The molecule has 0 bridgehead atoms. The molecule has 1 heterocycles. The van der Waals surface area contributed by atoms with Crippen LogP contribution in [-0.4, -0.2) is 11.1 Å². The van der Waals surface area contributed by atoms with E-state index in [1.165, 1.54) is 11.3 Å². The van der Waals surface area contributed by atoms with Crippen molar-refractivity contribution < 1.29 is 9.90 Å². The summed E-state index contributed by atoms with van der Waals surface area (Å²) in [5.41, 5.74) is 1.37. The van der Waals surface area contributed by atoms with Gasteiger partial charge in [0.05, 0.1) is 9.35 Å². The van der Waals surface area contributed by atoms with Crippen LogP contribution in [0.25, 0.3) is 0 Å². The first kappa shape index (κ1) is 9.74. The maximum Gasteiger partial charge on any atom is 0.338 e. The fourth-order valence-electron chi connectivity index (χ4n) is 1.18. The van der Waals surface area contributed by atoms with E-state index in [0.717, 1.165) is 20.6 Å². The number of carboxylic acid groups (broad SMARTS) is 1. The van der Waals surface area contributed by atoms with E-state index in [1.807, 2.05) is 13.8 Å². The Hall–Kier alpha value is -0.350. The molecule has 0 aromatic carbocycles. The summed E-state index contributed by atoms with van der Waals surface area (Å²) in [4.78, 5) is 11.9. The zero-order valence-electron chi connectivity index (χ0n) is 6.85. The number of aryl methyl sites for hydroxylation is 1. The molecule has 0 fully saturated rings. The second-order valence-corrected chi connectivity index (χ2v) is 4.99. The van der Waals surface area contributed by atoms with Crippen LogP contribution < -0.4 is 0 Å². The molecule has 0 saturated heterocycles. The molecule has 0 aliphatic heterocycles. The molecule has 0 radical (unpaired) electrons. The number of carbonyl (C=O) groups is 1. The van der Waals surface area contributed by atoms with Crippen LogP contribution in [0.2, 0.25) is 0 Å². The molecular weight excluding hydrogens is 240 g/mol. The van der Waals surface area contributed by atoms with E-state index in [1.54, 1.807) is 0 Å². The second kappa shape index (κ2) is 3.58. The van der Waals surface area contributed by atoms with Crippen molar-refractivity contribution in [3.8, 4) is 0 Å². The average molecular weight is 249 g/mol. The molecule has 12 heavy (non-hydrogen) atoms. The highest BCUT2D eigenvalue weighted by Crippen LogP contribution is 2.32. The first-order valence-corrected chi connectivity index (χ1v) is 5.20. The lowest BCUT2D eigenvalue weighted by molar-refractivity contribution is 0.0695. The van der Waals surface area contributed by atoms with Gasteiger partial charge >= 0.3 is 5.97 Å². The van der Waals surface area contributed by atoms with Crippen LogP contribution in [0.5, 0.6) is 0 Å². The first-order chi connectivity index (χ1) is 5.57. The molecular formula is C8H9BrO2S. The Kier molecular flexibility index (Phi) is 2.90. The summed E-state index contributed by atoms with van der Waals surface area (Å²) >= 11 is 4.73. The van der Waals surface area contributed by atoms with Gasteiger partial charge in [0.25, 0.3) is 0 Å². The van der Waals surface area contributed by atoms with Gasteiger partial charge in [-0.05, 0) is 34.8 Å². The zero-order valence-corrected chi connectivity index (χ0v) is 9.25. The Morgan fingerprint density at radius 2 is 2.25 bits per heavy atom. The number of hydrogen-bond acceptors (Lipinski definition) is 2. The number of rotatable bonds is 2. The van der Waals surface area contributed by atoms with Gasteiger partial charge in [0.15, 0.2) is 0 Å². The normalized spacial score (nSPS) is 10.2. The Bertz CT molecular complexity index is 317. The van der Waals surface area contributed by atoms with Gasteiger partial charge < -0.3 is 5.11 Å². The lowest BCUT2D eigenvalue weighted by atomic mass is 10.1. The number of hydrogen-bond donors (Lipinski definition) is 1. The minimum Gasteiger partial charge on any atom is -0.478 e. The topological polar surface area (TPSA) is 37.3 Å². The molecule has 0 aliphatic rings. The molecule has 0 atom stereocenters. The molecule has 0 aliphatic carbocycles. The quantitative estimate of drug-likeness (QED) is 0.874. The van der Waals surface area contributed by atoms with E-state index >= 15 is 0 Å². The number of carboxylic acids is 1. The Morgan fingerprint density at radius 1 is 1.67 bits per heavy atom. The monoisotopic (exact) mass is 248 g/mol. The van der Waals surface area contributed by atoms with Gasteiger partial charge in [0.1, 0.15) is 0 Å². The first-order valence-electron chi connectivity index (χ1n) is 3.59. The van der Waals surface area contributed by atoms with Crippen molar-refractivity contribution in [2.24, 2.45) is 0 Å². The molecule has 1 N–H and O–H groups in total. The molecule has 4 heteroatoms. The lowest BCUT2D eigenvalue weighted by Crippen LogP contribution is -1.99. The Morgan fingerprint density at radius 3 is 2.58 bits per heavy atom. The fourth-order valence-corrected chi connectivity index (χ4v) is 3.27. The van der Waals surface area contributed by atoms with Gasteiger partial charge in [-0.25, -0.2) is 4.79 Å². The minimum atomic E-state index is -0.844. The summed E-state index contributed by atoms with van der Waals surface area (Å²) in [5.74, 6) is -0.844. The van der Waals surface area contributed by atoms with E-state index in [9.17, 15) is 4.79 Å². The summed E-state index contributed by atoms with van der Waals surface area (Å²) in [6.45, 7) is 3.91. The summed E-state index contributed by atoms with van der Waals surface area (Å²) in [5, 5.41) is 8.87. The highest BCUT2D eigenvalue weighted by molar-refractivity contribution is 9.11. The highest BCUT2D eigenvalue weighted by atomic mass is 79.9. The standard InChI is InChI=1S/C8H9BrO2S/c1-3-5-4(2)12-7(9)6(5)8(10)11/h3H2,1-2H3,(H,10,11). The largest absolute Gasteiger partial charge is 0.478 e. The van der Waals surface area contributed by atoms with E-state index in [0.29, 0.717) is 5.56 Å². The molecule has 2 nitrogen and oxygen atoms in total. The van der Waals surface area contributed by atoms with Gasteiger partial charge in [0, 0.05) is 4.88 Å². The van der Waals surface area contributed by atoms with Gasteiger partial charge in [-0.1, -0.05) is 6.92 Å². The summed E-state index contributed by atoms with van der Waals surface area (Å²) < 4.78 is 0.726. The van der Waals surface area contributed by atoms with Gasteiger partial charge in [-0.3, -0.25) is 0 Å². The van der Waals surface area contributed by atoms with Gasteiger partial charge in [0.2, 0.25) is 0 Å². The van der Waals surface area contributed by atoms with E-state index in [4.69, 9.17) is 5.11 Å². The van der Waals surface area contributed by atoms with Crippen LogP contribution in [0, 0.1) is 6.92 Å². The highest BCUT2D eigenvalue weighted by Gasteiger charge is 2.17. The maximum atomic E-state index is 10.8. The molecule has 0 amide bonds. The summed E-state index contributed by atoms with van der Waals surface area (Å²) in [6.07, 6.45) is 0.773. The van der Waals surface area contributed by atoms with Crippen molar-refractivity contribution >= 4 is 33.2 Å². The van der Waals surface area contributed by atoms with Crippen molar-refractivity contribution in [3.63, 3.8) is 0 Å².